The minimum absolute atomic E-state index is 0.0298. The second-order valence-electron chi connectivity index (χ2n) is 3.72. The summed E-state index contributed by atoms with van der Waals surface area (Å²) in [4.78, 5) is 25.8. The van der Waals surface area contributed by atoms with Gasteiger partial charge >= 0.3 is 5.97 Å². The number of carbonyl (C=O) groups excluding carboxylic acids is 1. The van der Waals surface area contributed by atoms with Gasteiger partial charge < -0.3 is 14.9 Å². The van der Waals surface area contributed by atoms with Crippen molar-refractivity contribution in [1.82, 2.24) is 15.5 Å². The average Bonchev–Trinajstić information content (AvgIpc) is 2.70. The predicted octanol–water partition coefficient (Wildman–Crippen LogP) is 0.609. The third kappa shape index (κ3) is 4.21. The van der Waals surface area contributed by atoms with Crippen LogP contribution in [0.15, 0.2) is 4.52 Å². The molecule has 0 saturated carbocycles. The highest BCUT2D eigenvalue weighted by Gasteiger charge is 2.16. The van der Waals surface area contributed by atoms with Gasteiger partial charge in [0.1, 0.15) is 0 Å². The molecule has 1 rings (SSSR count). The van der Waals surface area contributed by atoms with Crippen LogP contribution in [0.2, 0.25) is 0 Å². The Morgan fingerprint density at radius 1 is 1.53 bits per heavy atom. The Labute approximate surface area is 98.2 Å². The molecule has 1 unspecified atom stereocenters. The summed E-state index contributed by atoms with van der Waals surface area (Å²) in [5.41, 5.74) is 0. The zero-order valence-electron chi connectivity index (χ0n) is 9.77. The molecule has 0 bridgehead atoms. The molecule has 0 aliphatic rings. The third-order valence-corrected chi connectivity index (χ3v) is 2.32. The number of nitrogens with zero attached hydrogens (tertiary/aromatic N) is 2. The number of carboxylic acids is 1. The van der Waals surface area contributed by atoms with Crippen LogP contribution in [-0.4, -0.2) is 33.7 Å². The van der Waals surface area contributed by atoms with Crippen LogP contribution in [0.5, 0.6) is 0 Å². The molecule has 1 heterocycles. The van der Waals surface area contributed by atoms with E-state index >= 15 is 0 Å². The van der Waals surface area contributed by atoms with Crippen LogP contribution < -0.4 is 5.32 Å². The molecule has 2 N–H and O–H groups in total. The highest BCUT2D eigenvalue weighted by molar-refractivity contribution is 5.90. The maximum Gasteiger partial charge on any atom is 0.303 e. The van der Waals surface area contributed by atoms with Gasteiger partial charge in [-0.15, -0.1) is 0 Å². The fourth-order valence-electron chi connectivity index (χ4n) is 1.32. The van der Waals surface area contributed by atoms with Crippen molar-refractivity contribution in [2.45, 2.75) is 26.7 Å². The Morgan fingerprint density at radius 2 is 2.24 bits per heavy atom. The molecular weight excluding hydrogens is 226 g/mol. The molecule has 0 aliphatic carbocycles. The lowest BCUT2D eigenvalue weighted by molar-refractivity contribution is -0.138. The highest BCUT2D eigenvalue weighted by Crippen LogP contribution is 2.06. The van der Waals surface area contributed by atoms with Gasteiger partial charge in [0, 0.05) is 19.9 Å². The van der Waals surface area contributed by atoms with Crippen LogP contribution in [0.3, 0.4) is 0 Å². The van der Waals surface area contributed by atoms with Gasteiger partial charge in [-0.25, -0.2) is 0 Å². The van der Waals surface area contributed by atoms with E-state index in [9.17, 15) is 9.59 Å². The zero-order valence-corrected chi connectivity index (χ0v) is 9.77. The molecular formula is C10H15N3O4. The summed E-state index contributed by atoms with van der Waals surface area (Å²) >= 11 is 0. The van der Waals surface area contributed by atoms with E-state index in [1.165, 1.54) is 0 Å². The quantitative estimate of drug-likeness (QED) is 0.755. The third-order valence-electron chi connectivity index (χ3n) is 2.32. The van der Waals surface area contributed by atoms with Gasteiger partial charge in [0.15, 0.2) is 0 Å². The molecule has 0 radical (unpaired) electrons. The van der Waals surface area contributed by atoms with Gasteiger partial charge in [-0.1, -0.05) is 18.5 Å². The first-order valence-corrected chi connectivity index (χ1v) is 5.33. The smallest absolute Gasteiger partial charge is 0.303 e. The largest absolute Gasteiger partial charge is 0.481 e. The Balaban J connectivity index is 2.44. The topological polar surface area (TPSA) is 105 Å². The molecule has 0 aliphatic heterocycles. The van der Waals surface area contributed by atoms with Crippen molar-refractivity contribution in [3.63, 3.8) is 0 Å². The van der Waals surface area contributed by atoms with Crippen LogP contribution in [0, 0.1) is 12.8 Å². The minimum atomic E-state index is -0.874. The standard InChI is InChI=1S/C10H15N3O4/c1-3-7(4-8(14)15)5-11-10(16)9-12-6(2)17-13-9/h7H,3-5H2,1-2H3,(H,11,16)(H,14,15). The number of aromatic nitrogens is 2. The number of carboxylic acid groups (broad SMARTS) is 1. The van der Waals surface area contributed by atoms with Crippen molar-refractivity contribution in [3.05, 3.63) is 11.7 Å². The van der Waals surface area contributed by atoms with E-state index in [4.69, 9.17) is 5.11 Å². The molecule has 1 aromatic heterocycles. The number of aliphatic carboxylic acids is 1. The van der Waals surface area contributed by atoms with Crippen molar-refractivity contribution in [3.8, 4) is 0 Å². The van der Waals surface area contributed by atoms with E-state index in [0.717, 1.165) is 0 Å². The molecule has 7 nitrogen and oxygen atoms in total. The van der Waals surface area contributed by atoms with Gasteiger partial charge in [-0.2, -0.15) is 4.98 Å². The summed E-state index contributed by atoms with van der Waals surface area (Å²) in [6, 6.07) is 0. The number of amides is 1. The van der Waals surface area contributed by atoms with Crippen LogP contribution in [0.1, 0.15) is 36.3 Å². The monoisotopic (exact) mass is 241 g/mol. The molecule has 0 spiro atoms. The maximum absolute atomic E-state index is 11.5. The molecule has 0 saturated heterocycles. The SMILES string of the molecule is CCC(CNC(=O)c1noc(C)n1)CC(=O)O. The van der Waals surface area contributed by atoms with E-state index in [1.807, 2.05) is 6.92 Å². The second kappa shape index (κ2) is 5.97. The van der Waals surface area contributed by atoms with Gasteiger partial charge in [-0.05, 0) is 5.92 Å². The summed E-state index contributed by atoms with van der Waals surface area (Å²) in [6.07, 6.45) is 0.708. The minimum Gasteiger partial charge on any atom is -0.481 e. The van der Waals surface area contributed by atoms with Crippen molar-refractivity contribution in [1.29, 1.82) is 0 Å². The number of rotatable bonds is 6. The number of hydrogen-bond donors (Lipinski definition) is 2. The highest BCUT2D eigenvalue weighted by atomic mass is 16.5. The first kappa shape index (κ1) is 13.1. The van der Waals surface area contributed by atoms with E-state index < -0.39 is 11.9 Å². The second-order valence-corrected chi connectivity index (χ2v) is 3.72. The molecule has 7 heteroatoms. The molecule has 94 valence electrons. The Morgan fingerprint density at radius 3 is 2.71 bits per heavy atom. The number of carbonyl (C=O) groups is 2. The molecule has 0 aromatic carbocycles. The van der Waals surface area contributed by atoms with Crippen LogP contribution >= 0.6 is 0 Å². The summed E-state index contributed by atoms with van der Waals surface area (Å²) in [7, 11) is 0. The fraction of sp³-hybridized carbons (Fsp3) is 0.600. The first-order chi connectivity index (χ1) is 8.02. The van der Waals surface area contributed by atoms with Crippen LogP contribution in [0.25, 0.3) is 0 Å². The Kier molecular flexibility index (Phi) is 4.62. The summed E-state index contributed by atoms with van der Waals surface area (Å²) in [5.74, 6) is -1.14. The van der Waals surface area contributed by atoms with E-state index in [0.29, 0.717) is 12.3 Å². The molecule has 0 fully saturated rings. The van der Waals surface area contributed by atoms with Gasteiger partial charge in [0.05, 0.1) is 0 Å². The Bertz CT molecular complexity index is 402. The van der Waals surface area contributed by atoms with Crippen molar-refractivity contribution >= 4 is 11.9 Å². The number of hydrogen-bond acceptors (Lipinski definition) is 5. The van der Waals surface area contributed by atoms with Crippen molar-refractivity contribution in [2.24, 2.45) is 5.92 Å². The number of nitrogens with one attached hydrogen (secondary N) is 1. The van der Waals surface area contributed by atoms with Crippen molar-refractivity contribution in [2.75, 3.05) is 6.54 Å². The lowest BCUT2D eigenvalue weighted by atomic mass is 10.0. The normalized spacial score (nSPS) is 12.1. The van der Waals surface area contributed by atoms with E-state index in [1.54, 1.807) is 6.92 Å². The summed E-state index contributed by atoms with van der Waals surface area (Å²) in [5, 5.41) is 14.7. The van der Waals surface area contributed by atoms with Crippen LogP contribution in [0.4, 0.5) is 0 Å². The number of aryl methyl sites for hydroxylation is 1. The van der Waals surface area contributed by atoms with Gasteiger partial charge in [0.2, 0.25) is 5.89 Å². The van der Waals surface area contributed by atoms with Crippen LogP contribution in [-0.2, 0) is 4.79 Å². The maximum atomic E-state index is 11.5. The molecule has 17 heavy (non-hydrogen) atoms. The van der Waals surface area contributed by atoms with E-state index in [2.05, 4.69) is 20.0 Å². The summed E-state index contributed by atoms with van der Waals surface area (Å²) < 4.78 is 4.67. The lowest BCUT2D eigenvalue weighted by Crippen LogP contribution is -2.30. The molecule has 1 amide bonds. The summed E-state index contributed by atoms with van der Waals surface area (Å²) in [6.45, 7) is 3.75. The van der Waals surface area contributed by atoms with E-state index in [-0.39, 0.29) is 24.7 Å². The molecule has 1 atom stereocenters. The van der Waals surface area contributed by atoms with Crippen molar-refractivity contribution < 1.29 is 19.2 Å². The molecule has 1 aromatic rings. The fourth-order valence-corrected chi connectivity index (χ4v) is 1.32. The first-order valence-electron chi connectivity index (χ1n) is 5.33. The van der Waals surface area contributed by atoms with Gasteiger partial charge in [0.25, 0.3) is 11.7 Å². The zero-order chi connectivity index (χ0) is 12.8. The average molecular weight is 241 g/mol. The van der Waals surface area contributed by atoms with Gasteiger partial charge in [-0.3, -0.25) is 9.59 Å². The Hall–Kier alpha value is -1.92. The predicted molar refractivity (Wildman–Crippen MR) is 57.4 cm³/mol. The lowest BCUT2D eigenvalue weighted by Gasteiger charge is -2.12.